The van der Waals surface area contributed by atoms with E-state index in [0.29, 0.717) is 10.0 Å². The highest BCUT2D eigenvalue weighted by Crippen LogP contribution is 2.34. The molecule has 0 saturated heterocycles. The third-order valence-electron chi connectivity index (χ3n) is 2.72. The van der Waals surface area contributed by atoms with Crippen LogP contribution in [0.5, 0.6) is 0 Å². The molecule has 2 aromatic carbocycles. The molecule has 0 heterocycles. The van der Waals surface area contributed by atoms with Gasteiger partial charge in [-0.1, -0.05) is 77.1 Å². The first kappa shape index (κ1) is 17.4. The molecule has 7 heteroatoms. The molecule has 0 saturated carbocycles. The van der Waals surface area contributed by atoms with Crippen molar-refractivity contribution in [3.05, 3.63) is 67.4 Å². The zero-order chi connectivity index (χ0) is 15.7. The fourth-order valence-corrected chi connectivity index (χ4v) is 3.52. The van der Waals surface area contributed by atoms with Crippen LogP contribution in [0, 0.1) is 5.82 Å². The third-order valence-corrected chi connectivity index (χ3v) is 5.03. The quantitative estimate of drug-likeness (QED) is 0.318. The minimum atomic E-state index is -0.586. The van der Waals surface area contributed by atoms with Crippen molar-refractivity contribution < 1.29 is 9.18 Å². The molecule has 0 radical (unpaired) electrons. The van der Waals surface area contributed by atoms with Gasteiger partial charge in [0, 0.05) is 10.0 Å². The summed E-state index contributed by atoms with van der Waals surface area (Å²) in [4.78, 5) is 12.6. The number of alkyl halides is 2. The van der Waals surface area contributed by atoms with Crippen LogP contribution in [0.3, 0.4) is 0 Å². The van der Waals surface area contributed by atoms with E-state index in [1.165, 1.54) is 0 Å². The second kappa shape index (κ2) is 7.09. The van der Waals surface area contributed by atoms with E-state index < -0.39 is 5.82 Å². The van der Waals surface area contributed by atoms with Crippen LogP contribution in [-0.2, 0) is 0 Å². The summed E-state index contributed by atoms with van der Waals surface area (Å²) in [5.41, 5.74) is 1.42. The van der Waals surface area contributed by atoms with E-state index >= 15 is 0 Å². The Hall–Kier alpha value is 0.0600. The van der Waals surface area contributed by atoms with Crippen LogP contribution in [0.2, 0.25) is 10.0 Å². The highest BCUT2D eigenvalue weighted by atomic mass is 79.9. The molecule has 0 N–H and O–H groups in total. The average molecular weight is 520 g/mol. The van der Waals surface area contributed by atoms with Gasteiger partial charge in [0.25, 0.3) is 0 Å². The van der Waals surface area contributed by atoms with Gasteiger partial charge < -0.3 is 0 Å². The van der Waals surface area contributed by atoms with E-state index in [0.717, 1.165) is 17.7 Å². The van der Waals surface area contributed by atoms with E-state index in [1.54, 1.807) is 18.2 Å². The Kier molecular flexibility index (Phi) is 5.88. The van der Waals surface area contributed by atoms with Crippen LogP contribution in [0.25, 0.3) is 0 Å². The lowest BCUT2D eigenvalue weighted by molar-refractivity contribution is 0.103. The largest absolute Gasteiger partial charge is 0.288 e. The van der Waals surface area contributed by atoms with Crippen LogP contribution < -0.4 is 0 Å². The number of hydrogen-bond donors (Lipinski definition) is 0. The molecular weight excluding hydrogens is 514 g/mol. The van der Waals surface area contributed by atoms with Crippen LogP contribution in [0.1, 0.15) is 25.2 Å². The average Bonchev–Trinajstić information content (AvgIpc) is 2.36. The number of ketones is 1. The Morgan fingerprint density at radius 1 is 1.10 bits per heavy atom. The summed E-state index contributed by atoms with van der Waals surface area (Å²) in [5.74, 6) is -0.957. The Balaban J connectivity index is 2.51. The summed E-state index contributed by atoms with van der Waals surface area (Å²) in [6, 6.07) is 7.38. The highest BCUT2D eigenvalue weighted by Gasteiger charge is 2.20. The van der Waals surface area contributed by atoms with E-state index in [1.807, 2.05) is 0 Å². The molecular formula is C14H6Br3Cl2FO. The summed E-state index contributed by atoms with van der Waals surface area (Å²) in [6.07, 6.45) is 0. The number of benzene rings is 2. The first-order chi connectivity index (χ1) is 9.81. The van der Waals surface area contributed by atoms with E-state index in [4.69, 9.17) is 23.2 Å². The third kappa shape index (κ3) is 3.88. The molecule has 2 aromatic rings. The Bertz CT molecular complexity index is 696. The van der Waals surface area contributed by atoms with E-state index in [-0.39, 0.29) is 25.1 Å². The second-order valence-electron chi connectivity index (χ2n) is 4.11. The maximum Gasteiger partial charge on any atom is 0.197 e. The smallest absolute Gasteiger partial charge is 0.197 e. The van der Waals surface area contributed by atoms with Gasteiger partial charge in [-0.05, 0) is 29.8 Å². The maximum absolute atomic E-state index is 13.2. The van der Waals surface area contributed by atoms with Crippen molar-refractivity contribution >= 4 is 76.8 Å². The molecule has 0 aliphatic carbocycles. The Labute approximate surface area is 156 Å². The van der Waals surface area contributed by atoms with Gasteiger partial charge in [-0.25, -0.2) is 4.39 Å². The number of rotatable bonds is 3. The van der Waals surface area contributed by atoms with Crippen molar-refractivity contribution in [1.29, 1.82) is 0 Å². The summed E-state index contributed by atoms with van der Waals surface area (Å²) in [5, 5.41) is -0.0281. The van der Waals surface area contributed by atoms with Gasteiger partial charge in [0.1, 0.15) is 5.82 Å². The predicted molar refractivity (Wildman–Crippen MR) is 94.6 cm³/mol. The molecule has 2 rings (SSSR count). The Morgan fingerprint density at radius 2 is 1.67 bits per heavy atom. The molecule has 0 bridgehead atoms. The van der Waals surface area contributed by atoms with Crippen molar-refractivity contribution in [2.24, 2.45) is 0 Å². The van der Waals surface area contributed by atoms with Crippen LogP contribution in [0.15, 0.2) is 34.8 Å². The topological polar surface area (TPSA) is 17.1 Å². The zero-order valence-electron chi connectivity index (χ0n) is 10.1. The maximum atomic E-state index is 13.2. The van der Waals surface area contributed by atoms with Crippen molar-refractivity contribution in [2.45, 2.75) is 3.74 Å². The summed E-state index contributed by atoms with van der Waals surface area (Å²) >= 11 is 22.0. The lowest BCUT2D eigenvalue weighted by atomic mass is 10.0. The van der Waals surface area contributed by atoms with Gasteiger partial charge in [0.15, 0.2) is 5.78 Å². The van der Waals surface area contributed by atoms with Crippen LogP contribution in [-0.4, -0.2) is 5.78 Å². The fraction of sp³-hybridized carbons (Fsp3) is 0.0714. The SMILES string of the molecule is O=C(c1ccc(C(Br)Br)cc1Br)c1c(Cl)cc(F)cc1Cl. The molecule has 0 aliphatic heterocycles. The standard InChI is InChI=1S/C14H6Br3Cl2FO/c15-9-3-6(14(16)17)1-2-8(9)13(21)12-10(18)4-7(20)5-11(12)19/h1-5,14H. The Morgan fingerprint density at radius 3 is 2.14 bits per heavy atom. The lowest BCUT2D eigenvalue weighted by Crippen LogP contribution is -2.05. The molecule has 0 atom stereocenters. The van der Waals surface area contributed by atoms with Gasteiger partial charge in [-0.2, -0.15) is 0 Å². The molecule has 0 aliphatic rings. The van der Waals surface area contributed by atoms with E-state index in [2.05, 4.69) is 47.8 Å². The monoisotopic (exact) mass is 516 g/mol. The predicted octanol–water partition coefficient (Wildman–Crippen LogP) is 6.91. The second-order valence-corrected chi connectivity index (χ2v) is 8.84. The number of carbonyl (C=O) groups is 1. The van der Waals surface area contributed by atoms with Gasteiger partial charge in [0.2, 0.25) is 0 Å². The molecule has 0 aromatic heterocycles. The van der Waals surface area contributed by atoms with Crippen molar-refractivity contribution in [2.75, 3.05) is 0 Å². The first-order valence-corrected chi connectivity index (χ1v) is 8.96. The molecule has 21 heavy (non-hydrogen) atoms. The van der Waals surface area contributed by atoms with Crippen LogP contribution in [0.4, 0.5) is 4.39 Å². The highest BCUT2D eigenvalue weighted by molar-refractivity contribution is 9.24. The minimum Gasteiger partial charge on any atom is -0.288 e. The van der Waals surface area contributed by atoms with Gasteiger partial charge in [-0.15, -0.1) is 0 Å². The zero-order valence-corrected chi connectivity index (χ0v) is 16.4. The van der Waals surface area contributed by atoms with Crippen molar-refractivity contribution in [1.82, 2.24) is 0 Å². The van der Waals surface area contributed by atoms with Gasteiger partial charge in [0.05, 0.1) is 19.3 Å². The van der Waals surface area contributed by atoms with Gasteiger partial charge in [-0.3, -0.25) is 4.79 Å². The van der Waals surface area contributed by atoms with Crippen LogP contribution >= 0.6 is 71.0 Å². The number of halogens is 6. The molecule has 1 nitrogen and oxygen atoms in total. The van der Waals surface area contributed by atoms with Crippen molar-refractivity contribution in [3.8, 4) is 0 Å². The van der Waals surface area contributed by atoms with Crippen molar-refractivity contribution in [3.63, 3.8) is 0 Å². The molecule has 0 amide bonds. The molecule has 110 valence electrons. The van der Waals surface area contributed by atoms with Gasteiger partial charge >= 0.3 is 0 Å². The summed E-state index contributed by atoms with van der Waals surface area (Å²) in [6.45, 7) is 0. The molecule has 0 spiro atoms. The number of hydrogen-bond acceptors (Lipinski definition) is 1. The first-order valence-electron chi connectivity index (χ1n) is 5.58. The summed E-state index contributed by atoms with van der Waals surface area (Å²) < 4.78 is 13.8. The van der Waals surface area contributed by atoms with E-state index in [9.17, 15) is 9.18 Å². The summed E-state index contributed by atoms with van der Waals surface area (Å²) in [7, 11) is 0. The minimum absolute atomic E-state index is 0.0140. The lowest BCUT2D eigenvalue weighted by Gasteiger charge is -2.10. The molecule has 0 unspecified atom stereocenters. The number of carbonyl (C=O) groups excluding carboxylic acids is 1. The molecule has 0 fully saturated rings. The fourth-order valence-electron chi connectivity index (χ4n) is 1.75. The normalized spacial score (nSPS) is 11.0.